The SMILES string of the molecule is CCC(C)N(C)C(=O)COc1nc2ccccc2o1. The van der Waals surface area contributed by atoms with Crippen LogP contribution in [-0.4, -0.2) is 35.5 Å². The normalized spacial score (nSPS) is 12.4. The highest BCUT2D eigenvalue weighted by Gasteiger charge is 2.16. The molecule has 0 spiro atoms. The molecular formula is C14H18N2O3. The first-order valence-electron chi connectivity index (χ1n) is 6.36. The summed E-state index contributed by atoms with van der Waals surface area (Å²) < 4.78 is 10.7. The lowest BCUT2D eigenvalue weighted by atomic mass is 10.2. The van der Waals surface area contributed by atoms with Crippen LogP contribution in [0.25, 0.3) is 11.1 Å². The molecule has 5 heteroatoms. The number of carbonyl (C=O) groups is 1. The molecule has 19 heavy (non-hydrogen) atoms. The molecule has 2 aromatic rings. The van der Waals surface area contributed by atoms with E-state index < -0.39 is 0 Å². The Hall–Kier alpha value is -2.04. The molecule has 0 saturated carbocycles. The van der Waals surface area contributed by atoms with Crippen LogP contribution in [0.15, 0.2) is 28.7 Å². The largest absolute Gasteiger partial charge is 0.440 e. The van der Waals surface area contributed by atoms with E-state index in [9.17, 15) is 4.79 Å². The van der Waals surface area contributed by atoms with E-state index in [1.165, 1.54) is 0 Å². The van der Waals surface area contributed by atoms with E-state index in [2.05, 4.69) is 4.98 Å². The van der Waals surface area contributed by atoms with E-state index in [1.807, 2.05) is 38.1 Å². The Bertz CT molecular complexity index is 532. The second kappa shape index (κ2) is 5.73. The minimum Gasteiger partial charge on any atom is -0.440 e. The minimum absolute atomic E-state index is 0.0618. The van der Waals surface area contributed by atoms with Crippen molar-refractivity contribution in [2.75, 3.05) is 13.7 Å². The molecule has 5 nitrogen and oxygen atoms in total. The first-order valence-corrected chi connectivity index (χ1v) is 6.36. The molecule has 1 aromatic heterocycles. The Labute approximate surface area is 112 Å². The van der Waals surface area contributed by atoms with Gasteiger partial charge in [-0.2, -0.15) is 4.98 Å². The lowest BCUT2D eigenvalue weighted by Gasteiger charge is -2.23. The predicted molar refractivity (Wildman–Crippen MR) is 72.0 cm³/mol. The number of hydrogen-bond acceptors (Lipinski definition) is 4. The minimum atomic E-state index is -0.0865. The Morgan fingerprint density at radius 2 is 2.21 bits per heavy atom. The number of ether oxygens (including phenoxy) is 1. The van der Waals surface area contributed by atoms with E-state index in [0.717, 1.165) is 11.9 Å². The van der Waals surface area contributed by atoms with Crippen molar-refractivity contribution < 1.29 is 13.9 Å². The van der Waals surface area contributed by atoms with Gasteiger partial charge in [0.15, 0.2) is 12.2 Å². The predicted octanol–water partition coefficient (Wildman–Crippen LogP) is 2.46. The van der Waals surface area contributed by atoms with Gasteiger partial charge in [0, 0.05) is 13.1 Å². The highest BCUT2D eigenvalue weighted by atomic mass is 16.6. The summed E-state index contributed by atoms with van der Waals surface area (Å²) in [7, 11) is 1.77. The number of benzene rings is 1. The van der Waals surface area contributed by atoms with Crippen LogP contribution in [0.3, 0.4) is 0 Å². The van der Waals surface area contributed by atoms with Gasteiger partial charge in [-0.05, 0) is 25.5 Å². The van der Waals surface area contributed by atoms with Crippen LogP contribution >= 0.6 is 0 Å². The zero-order chi connectivity index (χ0) is 13.8. The van der Waals surface area contributed by atoms with Crippen molar-refractivity contribution >= 4 is 17.0 Å². The van der Waals surface area contributed by atoms with Gasteiger partial charge in [0.1, 0.15) is 5.52 Å². The van der Waals surface area contributed by atoms with Crippen molar-refractivity contribution in [3.8, 4) is 6.08 Å². The third-order valence-corrected chi connectivity index (χ3v) is 3.24. The molecule has 1 unspecified atom stereocenters. The second-order valence-corrected chi connectivity index (χ2v) is 4.50. The summed E-state index contributed by atoms with van der Waals surface area (Å²) >= 11 is 0. The maximum absolute atomic E-state index is 11.9. The van der Waals surface area contributed by atoms with Crippen LogP contribution in [0.5, 0.6) is 6.08 Å². The maximum atomic E-state index is 11.9. The first-order chi connectivity index (χ1) is 9.11. The van der Waals surface area contributed by atoms with Crippen LogP contribution < -0.4 is 4.74 Å². The van der Waals surface area contributed by atoms with Crippen LogP contribution in [0, 0.1) is 0 Å². The monoisotopic (exact) mass is 262 g/mol. The van der Waals surface area contributed by atoms with E-state index in [4.69, 9.17) is 9.15 Å². The van der Waals surface area contributed by atoms with E-state index in [1.54, 1.807) is 11.9 Å². The van der Waals surface area contributed by atoms with E-state index in [0.29, 0.717) is 5.58 Å². The molecule has 102 valence electrons. The molecular weight excluding hydrogens is 244 g/mol. The number of likely N-dealkylation sites (N-methyl/N-ethyl adjacent to an activating group) is 1. The molecule has 2 rings (SSSR count). The summed E-state index contributed by atoms with van der Waals surface area (Å²) in [5.74, 6) is -0.0865. The molecule has 1 heterocycles. The van der Waals surface area contributed by atoms with Gasteiger partial charge < -0.3 is 14.1 Å². The quantitative estimate of drug-likeness (QED) is 0.830. The Balaban J connectivity index is 1.96. The van der Waals surface area contributed by atoms with Crippen molar-refractivity contribution in [2.24, 2.45) is 0 Å². The topological polar surface area (TPSA) is 55.6 Å². The Morgan fingerprint density at radius 3 is 2.89 bits per heavy atom. The van der Waals surface area contributed by atoms with Gasteiger partial charge >= 0.3 is 6.08 Å². The fourth-order valence-corrected chi connectivity index (χ4v) is 1.66. The fraction of sp³-hybridized carbons (Fsp3) is 0.429. The molecule has 0 aliphatic carbocycles. The number of oxazole rings is 1. The number of rotatable bonds is 5. The maximum Gasteiger partial charge on any atom is 0.395 e. The summed E-state index contributed by atoms with van der Waals surface area (Å²) in [5.41, 5.74) is 1.38. The van der Waals surface area contributed by atoms with Crippen LogP contribution in [0.2, 0.25) is 0 Å². The van der Waals surface area contributed by atoms with Crippen LogP contribution in [-0.2, 0) is 4.79 Å². The highest BCUT2D eigenvalue weighted by Crippen LogP contribution is 2.19. The molecule has 0 saturated heterocycles. The van der Waals surface area contributed by atoms with Crippen LogP contribution in [0.1, 0.15) is 20.3 Å². The van der Waals surface area contributed by atoms with Crippen molar-refractivity contribution in [2.45, 2.75) is 26.3 Å². The summed E-state index contributed by atoms with van der Waals surface area (Å²) in [6.07, 6.45) is 1.04. The zero-order valence-corrected chi connectivity index (χ0v) is 11.4. The van der Waals surface area contributed by atoms with Crippen molar-refractivity contribution in [1.82, 2.24) is 9.88 Å². The Morgan fingerprint density at radius 1 is 1.47 bits per heavy atom. The van der Waals surface area contributed by atoms with Gasteiger partial charge in [-0.1, -0.05) is 19.1 Å². The van der Waals surface area contributed by atoms with Crippen LogP contribution in [0.4, 0.5) is 0 Å². The zero-order valence-electron chi connectivity index (χ0n) is 11.4. The summed E-state index contributed by atoms with van der Waals surface area (Å²) in [6.45, 7) is 3.97. The third-order valence-electron chi connectivity index (χ3n) is 3.24. The van der Waals surface area contributed by atoms with E-state index in [-0.39, 0.29) is 24.6 Å². The van der Waals surface area contributed by atoms with Gasteiger partial charge in [0.2, 0.25) is 0 Å². The van der Waals surface area contributed by atoms with Gasteiger partial charge in [-0.15, -0.1) is 0 Å². The summed E-state index contributed by atoms with van der Waals surface area (Å²) in [4.78, 5) is 17.7. The van der Waals surface area contributed by atoms with Gasteiger partial charge in [0.05, 0.1) is 0 Å². The number of fused-ring (bicyclic) bond motifs is 1. The number of hydrogen-bond donors (Lipinski definition) is 0. The lowest BCUT2D eigenvalue weighted by Crippen LogP contribution is -2.37. The Kier molecular flexibility index (Phi) is 4.04. The molecule has 0 aliphatic rings. The molecule has 1 atom stereocenters. The van der Waals surface area contributed by atoms with Gasteiger partial charge in [-0.25, -0.2) is 0 Å². The van der Waals surface area contributed by atoms with Crippen molar-refractivity contribution in [1.29, 1.82) is 0 Å². The highest BCUT2D eigenvalue weighted by molar-refractivity contribution is 5.78. The second-order valence-electron chi connectivity index (χ2n) is 4.50. The average Bonchev–Trinajstić information content (AvgIpc) is 2.85. The number of carbonyl (C=O) groups excluding carboxylic acids is 1. The van der Waals surface area contributed by atoms with Gasteiger partial charge in [0.25, 0.3) is 5.91 Å². The number of para-hydroxylation sites is 2. The lowest BCUT2D eigenvalue weighted by molar-refractivity contribution is -0.134. The van der Waals surface area contributed by atoms with Crippen molar-refractivity contribution in [3.63, 3.8) is 0 Å². The molecule has 1 aromatic carbocycles. The molecule has 1 amide bonds. The number of nitrogens with zero attached hydrogens (tertiary/aromatic N) is 2. The molecule has 0 bridgehead atoms. The van der Waals surface area contributed by atoms with E-state index >= 15 is 0 Å². The molecule has 0 radical (unpaired) electrons. The average molecular weight is 262 g/mol. The molecule has 0 fully saturated rings. The third kappa shape index (κ3) is 3.05. The first kappa shape index (κ1) is 13.4. The van der Waals surface area contributed by atoms with Crippen molar-refractivity contribution in [3.05, 3.63) is 24.3 Å². The van der Waals surface area contributed by atoms with Gasteiger partial charge in [-0.3, -0.25) is 4.79 Å². The standard InChI is InChI=1S/C14H18N2O3/c1-4-10(2)16(3)13(17)9-18-14-15-11-7-5-6-8-12(11)19-14/h5-8,10H,4,9H2,1-3H3. The molecule has 0 aliphatic heterocycles. The fourth-order valence-electron chi connectivity index (χ4n) is 1.66. The summed E-state index contributed by atoms with van der Waals surface area (Å²) in [6, 6.07) is 7.57. The smallest absolute Gasteiger partial charge is 0.395 e. The molecule has 0 N–H and O–H groups in total. The number of amides is 1. The number of aromatic nitrogens is 1. The summed E-state index contributed by atoms with van der Waals surface area (Å²) in [5, 5.41) is 0.